The molecule has 1 aliphatic rings. The summed E-state index contributed by atoms with van der Waals surface area (Å²) < 4.78 is 20.2. The van der Waals surface area contributed by atoms with Gasteiger partial charge in [0.25, 0.3) is 11.8 Å². The summed E-state index contributed by atoms with van der Waals surface area (Å²) >= 11 is 6.93. The van der Waals surface area contributed by atoms with Crippen molar-refractivity contribution in [2.24, 2.45) is 5.92 Å². The van der Waals surface area contributed by atoms with E-state index in [-0.39, 0.29) is 42.9 Å². The number of amides is 4. The molecular weight excluding hydrogens is 487 g/mol. The lowest BCUT2D eigenvalue weighted by Gasteiger charge is -2.27. The van der Waals surface area contributed by atoms with Crippen LogP contribution in [0.3, 0.4) is 0 Å². The molecule has 3 N–H and O–H groups in total. The van der Waals surface area contributed by atoms with E-state index < -0.39 is 29.6 Å². The lowest BCUT2D eigenvalue weighted by atomic mass is 10.1. The number of carbonyl (C=O) groups excluding carboxylic acids is 4. The van der Waals surface area contributed by atoms with E-state index in [9.17, 15) is 23.6 Å². The Labute approximate surface area is 204 Å². The molecule has 1 aliphatic heterocycles. The van der Waals surface area contributed by atoms with Crippen molar-refractivity contribution in [1.82, 2.24) is 10.6 Å². The van der Waals surface area contributed by atoms with E-state index in [4.69, 9.17) is 16.3 Å². The molecule has 9 nitrogen and oxygen atoms in total. The van der Waals surface area contributed by atoms with Gasteiger partial charge < -0.3 is 25.6 Å². The van der Waals surface area contributed by atoms with Crippen LogP contribution in [0.2, 0.25) is 4.34 Å². The number of anilines is 2. The molecule has 0 bridgehead atoms. The summed E-state index contributed by atoms with van der Waals surface area (Å²) in [5.74, 6) is -2.93. The van der Waals surface area contributed by atoms with Crippen LogP contribution in [0.25, 0.3) is 0 Å². The Morgan fingerprint density at radius 1 is 1.21 bits per heavy atom. The third kappa shape index (κ3) is 6.52. The molecule has 4 amide bonds. The Morgan fingerprint density at radius 3 is 2.59 bits per heavy atom. The van der Waals surface area contributed by atoms with Gasteiger partial charge in [0.1, 0.15) is 18.5 Å². The molecule has 2 aromatic rings. The van der Waals surface area contributed by atoms with Crippen LogP contribution in [-0.4, -0.2) is 56.0 Å². The van der Waals surface area contributed by atoms with Crippen LogP contribution < -0.4 is 20.9 Å². The monoisotopic (exact) mass is 510 g/mol. The van der Waals surface area contributed by atoms with E-state index >= 15 is 0 Å². The summed E-state index contributed by atoms with van der Waals surface area (Å²) in [6, 6.07) is 5.94. The number of nitrogens with one attached hydrogen (secondary N) is 3. The first kappa shape index (κ1) is 25.6. The molecule has 0 radical (unpaired) electrons. The van der Waals surface area contributed by atoms with Crippen molar-refractivity contribution in [2.45, 2.75) is 19.9 Å². The molecule has 1 aromatic heterocycles. The van der Waals surface area contributed by atoms with Gasteiger partial charge in [-0.2, -0.15) is 0 Å². The van der Waals surface area contributed by atoms with E-state index in [1.54, 1.807) is 26.0 Å². The number of hydrogen-bond donors (Lipinski definition) is 3. The SMILES string of the molecule is CC(C)C(=O)N[C@H](CNC(=O)c1ccc(Cl)s1)C(=O)Nc1ccc(N2CCOCC2=O)c(F)c1. The number of ether oxygens (including phenoxy) is 1. The third-order valence-corrected chi connectivity index (χ3v) is 6.14. The highest BCUT2D eigenvalue weighted by atomic mass is 35.5. The molecule has 0 aliphatic carbocycles. The van der Waals surface area contributed by atoms with Crippen molar-refractivity contribution in [1.29, 1.82) is 0 Å². The standard InChI is InChI=1S/C22H24ClFN4O5S/c1-12(2)20(30)27-15(10-25-22(32)17-5-6-18(23)34-17)21(31)26-13-3-4-16(14(24)9-13)28-7-8-33-11-19(28)29/h3-6,9,12,15H,7-8,10-11H2,1-2H3,(H,25,32)(H,26,31)(H,27,30)/t15-/m1/s1. The summed E-state index contributed by atoms with van der Waals surface area (Å²) in [5, 5.41) is 7.73. The van der Waals surface area contributed by atoms with Crippen LogP contribution in [0.15, 0.2) is 30.3 Å². The number of hydrogen-bond acceptors (Lipinski definition) is 6. The summed E-state index contributed by atoms with van der Waals surface area (Å²) in [6.45, 7) is 3.53. The number of morpholine rings is 1. The Morgan fingerprint density at radius 2 is 1.97 bits per heavy atom. The molecule has 0 unspecified atom stereocenters. The molecule has 34 heavy (non-hydrogen) atoms. The molecule has 1 fully saturated rings. The van der Waals surface area contributed by atoms with E-state index in [0.29, 0.717) is 15.8 Å². The first-order valence-electron chi connectivity index (χ1n) is 10.5. The van der Waals surface area contributed by atoms with Gasteiger partial charge in [0.2, 0.25) is 11.8 Å². The maximum atomic E-state index is 14.7. The van der Waals surface area contributed by atoms with Gasteiger partial charge in [-0.25, -0.2) is 4.39 Å². The zero-order valence-corrected chi connectivity index (χ0v) is 20.1. The van der Waals surface area contributed by atoms with E-state index in [0.717, 1.165) is 17.4 Å². The molecule has 0 spiro atoms. The second-order valence-electron chi connectivity index (χ2n) is 7.78. The van der Waals surface area contributed by atoms with E-state index in [1.807, 2.05) is 0 Å². The number of carbonyl (C=O) groups is 4. The molecular formula is C22H24ClFN4O5S. The summed E-state index contributed by atoms with van der Waals surface area (Å²) in [4.78, 5) is 51.0. The van der Waals surface area contributed by atoms with Gasteiger partial charge in [0.15, 0.2) is 0 Å². The first-order chi connectivity index (χ1) is 16.2. The molecule has 0 saturated carbocycles. The van der Waals surface area contributed by atoms with Crippen molar-refractivity contribution in [3.05, 3.63) is 45.4 Å². The molecule has 12 heteroatoms. The minimum atomic E-state index is -1.11. The van der Waals surface area contributed by atoms with Crippen molar-refractivity contribution in [3.63, 3.8) is 0 Å². The fourth-order valence-electron chi connectivity index (χ4n) is 3.07. The summed E-state index contributed by atoms with van der Waals surface area (Å²) in [5.41, 5.74) is 0.213. The smallest absolute Gasteiger partial charge is 0.261 e. The Kier molecular flexibility index (Phi) is 8.59. The highest BCUT2D eigenvalue weighted by Gasteiger charge is 2.25. The van der Waals surface area contributed by atoms with Gasteiger partial charge in [-0.05, 0) is 30.3 Å². The molecule has 1 saturated heterocycles. The zero-order valence-electron chi connectivity index (χ0n) is 18.5. The summed E-state index contributed by atoms with van der Waals surface area (Å²) in [6.07, 6.45) is 0. The number of rotatable bonds is 8. The highest BCUT2D eigenvalue weighted by molar-refractivity contribution is 7.18. The first-order valence-corrected chi connectivity index (χ1v) is 11.7. The third-order valence-electron chi connectivity index (χ3n) is 4.91. The minimum absolute atomic E-state index is 0.0813. The van der Waals surface area contributed by atoms with E-state index in [2.05, 4.69) is 16.0 Å². The van der Waals surface area contributed by atoms with Crippen LogP contribution in [0.5, 0.6) is 0 Å². The average Bonchev–Trinajstić information content (AvgIpc) is 3.23. The quantitative estimate of drug-likeness (QED) is 0.504. The summed E-state index contributed by atoms with van der Waals surface area (Å²) in [7, 11) is 0. The second-order valence-corrected chi connectivity index (χ2v) is 9.50. The maximum Gasteiger partial charge on any atom is 0.261 e. The largest absolute Gasteiger partial charge is 0.370 e. The number of nitrogens with zero attached hydrogens (tertiary/aromatic N) is 1. The van der Waals surface area contributed by atoms with Crippen molar-refractivity contribution < 1.29 is 28.3 Å². The van der Waals surface area contributed by atoms with Crippen LogP contribution >= 0.6 is 22.9 Å². The zero-order chi connectivity index (χ0) is 24.8. The predicted octanol–water partition coefficient (Wildman–Crippen LogP) is 2.41. The lowest BCUT2D eigenvalue weighted by molar-refractivity contribution is -0.128. The molecule has 1 atom stereocenters. The Bertz CT molecular complexity index is 1090. The van der Waals surface area contributed by atoms with Crippen LogP contribution in [-0.2, 0) is 19.1 Å². The normalized spacial score (nSPS) is 14.6. The predicted molar refractivity (Wildman–Crippen MR) is 127 cm³/mol. The molecule has 182 valence electrons. The maximum absolute atomic E-state index is 14.7. The van der Waals surface area contributed by atoms with Gasteiger partial charge in [-0.15, -0.1) is 11.3 Å². The Balaban J connectivity index is 1.70. The van der Waals surface area contributed by atoms with Crippen LogP contribution in [0.4, 0.5) is 15.8 Å². The lowest BCUT2D eigenvalue weighted by Crippen LogP contribution is -2.51. The van der Waals surface area contributed by atoms with Crippen molar-refractivity contribution >= 4 is 57.9 Å². The molecule has 2 heterocycles. The molecule has 1 aromatic carbocycles. The van der Waals surface area contributed by atoms with Crippen molar-refractivity contribution in [2.75, 3.05) is 36.5 Å². The second kappa shape index (κ2) is 11.4. The van der Waals surface area contributed by atoms with Crippen molar-refractivity contribution in [3.8, 4) is 0 Å². The van der Waals surface area contributed by atoms with Crippen LogP contribution in [0, 0.1) is 11.7 Å². The topological polar surface area (TPSA) is 117 Å². The Hall–Kier alpha value is -3.02. The fraction of sp³-hybridized carbons (Fsp3) is 0.364. The fourth-order valence-corrected chi connectivity index (χ4v) is 4.03. The van der Waals surface area contributed by atoms with Gasteiger partial charge in [0, 0.05) is 24.7 Å². The average molecular weight is 511 g/mol. The van der Waals surface area contributed by atoms with Gasteiger partial charge >= 0.3 is 0 Å². The number of benzene rings is 1. The van der Waals surface area contributed by atoms with Gasteiger partial charge in [0.05, 0.1) is 21.5 Å². The van der Waals surface area contributed by atoms with Gasteiger partial charge in [-0.3, -0.25) is 19.2 Å². The van der Waals surface area contributed by atoms with Gasteiger partial charge in [-0.1, -0.05) is 25.4 Å². The molecule has 3 rings (SSSR count). The number of halogens is 2. The number of thiophene rings is 1. The van der Waals surface area contributed by atoms with E-state index in [1.165, 1.54) is 17.0 Å². The highest BCUT2D eigenvalue weighted by Crippen LogP contribution is 2.24. The minimum Gasteiger partial charge on any atom is -0.370 e. The van der Waals surface area contributed by atoms with Crippen LogP contribution in [0.1, 0.15) is 23.5 Å².